The molecule has 0 saturated carbocycles. The molecule has 0 aromatic heterocycles. The molecular formula is C17H34O7. The quantitative estimate of drug-likeness (QED) is 0.402. The fourth-order valence-electron chi connectivity index (χ4n) is 1.94. The molecule has 2 unspecified atom stereocenters. The van der Waals surface area contributed by atoms with Crippen LogP contribution in [0.5, 0.6) is 0 Å². The highest BCUT2D eigenvalue weighted by Crippen LogP contribution is 2.11. The minimum Gasteiger partial charge on any atom is -0.481 e. The van der Waals surface area contributed by atoms with Crippen molar-refractivity contribution in [1.82, 2.24) is 0 Å². The Balaban J connectivity index is 3.80. The van der Waals surface area contributed by atoms with Gasteiger partial charge in [0.1, 0.15) is 0 Å². The van der Waals surface area contributed by atoms with Crippen molar-refractivity contribution in [3.63, 3.8) is 0 Å². The third-order valence-corrected chi connectivity index (χ3v) is 3.10. The van der Waals surface area contributed by atoms with Crippen molar-refractivity contribution >= 4 is 5.97 Å². The standard InChI is InChI=1S/C17H34O7/c1-14(2)13-24-15(3)11-16(12-17(18)19)23-10-9-22-8-7-21-6-5-20-4/h14-16H,5-13H2,1-4H3,(H,18,19). The molecule has 0 radical (unpaired) electrons. The zero-order valence-corrected chi connectivity index (χ0v) is 15.5. The van der Waals surface area contributed by atoms with E-state index < -0.39 is 5.97 Å². The summed E-state index contributed by atoms with van der Waals surface area (Å²) in [6.45, 7) is 9.61. The van der Waals surface area contributed by atoms with Gasteiger partial charge in [0, 0.05) is 20.1 Å². The Morgan fingerprint density at radius 2 is 1.50 bits per heavy atom. The van der Waals surface area contributed by atoms with Crippen molar-refractivity contribution in [2.75, 3.05) is 53.4 Å². The third-order valence-electron chi connectivity index (χ3n) is 3.10. The number of carboxylic acids is 1. The van der Waals surface area contributed by atoms with Crippen molar-refractivity contribution in [3.05, 3.63) is 0 Å². The van der Waals surface area contributed by atoms with Crippen molar-refractivity contribution in [2.45, 2.75) is 45.8 Å². The Kier molecular flexibility index (Phi) is 15.3. The van der Waals surface area contributed by atoms with E-state index in [0.29, 0.717) is 58.6 Å². The van der Waals surface area contributed by atoms with Gasteiger partial charge in [0.2, 0.25) is 0 Å². The molecular weight excluding hydrogens is 316 g/mol. The van der Waals surface area contributed by atoms with E-state index in [1.165, 1.54) is 0 Å². The summed E-state index contributed by atoms with van der Waals surface area (Å²) in [5.41, 5.74) is 0. The maximum Gasteiger partial charge on any atom is 0.305 e. The molecule has 0 aliphatic heterocycles. The van der Waals surface area contributed by atoms with Gasteiger partial charge in [-0.1, -0.05) is 13.8 Å². The van der Waals surface area contributed by atoms with Gasteiger partial charge in [-0.15, -0.1) is 0 Å². The summed E-state index contributed by atoms with van der Waals surface area (Å²) in [5, 5.41) is 8.98. The van der Waals surface area contributed by atoms with Gasteiger partial charge in [0.25, 0.3) is 0 Å². The minimum absolute atomic E-state index is 0.0322. The zero-order valence-electron chi connectivity index (χ0n) is 15.5. The van der Waals surface area contributed by atoms with Crippen molar-refractivity contribution < 1.29 is 33.6 Å². The first-order valence-corrected chi connectivity index (χ1v) is 8.55. The van der Waals surface area contributed by atoms with Crippen molar-refractivity contribution in [3.8, 4) is 0 Å². The summed E-state index contributed by atoms with van der Waals surface area (Å²) in [6, 6.07) is 0. The molecule has 0 aromatic rings. The zero-order chi connectivity index (χ0) is 18.2. The summed E-state index contributed by atoms with van der Waals surface area (Å²) in [5.74, 6) is -0.422. The average Bonchev–Trinajstić information content (AvgIpc) is 2.50. The normalized spacial score (nSPS) is 14.0. The Morgan fingerprint density at radius 1 is 0.917 bits per heavy atom. The fourth-order valence-corrected chi connectivity index (χ4v) is 1.94. The molecule has 0 fully saturated rings. The van der Waals surface area contributed by atoms with E-state index >= 15 is 0 Å². The second-order valence-electron chi connectivity index (χ2n) is 6.08. The molecule has 0 rings (SSSR count). The van der Waals surface area contributed by atoms with E-state index in [-0.39, 0.29) is 18.6 Å². The van der Waals surface area contributed by atoms with E-state index in [2.05, 4.69) is 13.8 Å². The molecule has 1 N–H and O–H groups in total. The summed E-state index contributed by atoms with van der Waals surface area (Å²) < 4.78 is 26.8. The number of hydrogen-bond donors (Lipinski definition) is 1. The summed E-state index contributed by atoms with van der Waals surface area (Å²) in [7, 11) is 1.62. The molecule has 7 heteroatoms. The van der Waals surface area contributed by atoms with Crippen LogP contribution in [0.1, 0.15) is 33.6 Å². The number of methoxy groups -OCH3 is 1. The highest BCUT2D eigenvalue weighted by atomic mass is 16.6. The summed E-state index contributed by atoms with van der Waals surface area (Å²) in [4.78, 5) is 10.9. The van der Waals surface area contributed by atoms with Gasteiger partial charge in [-0.2, -0.15) is 0 Å². The van der Waals surface area contributed by atoms with Gasteiger partial charge in [-0.3, -0.25) is 4.79 Å². The lowest BCUT2D eigenvalue weighted by atomic mass is 10.1. The van der Waals surface area contributed by atoms with Gasteiger partial charge in [-0.25, -0.2) is 0 Å². The number of carboxylic acid groups (broad SMARTS) is 1. The van der Waals surface area contributed by atoms with Gasteiger partial charge >= 0.3 is 5.97 Å². The molecule has 0 amide bonds. The fraction of sp³-hybridized carbons (Fsp3) is 0.941. The lowest BCUT2D eigenvalue weighted by molar-refractivity contribution is -0.141. The third kappa shape index (κ3) is 16.1. The molecule has 0 bridgehead atoms. The summed E-state index contributed by atoms with van der Waals surface area (Å²) in [6.07, 6.45) is 0.118. The molecule has 2 atom stereocenters. The Bertz CT molecular complexity index is 297. The predicted molar refractivity (Wildman–Crippen MR) is 90.4 cm³/mol. The van der Waals surface area contributed by atoms with Crippen LogP contribution in [0.3, 0.4) is 0 Å². The maximum absolute atomic E-state index is 10.9. The average molecular weight is 350 g/mol. The molecule has 0 aliphatic carbocycles. The predicted octanol–water partition coefficient (Wildman–Crippen LogP) is 1.98. The monoisotopic (exact) mass is 350 g/mol. The van der Waals surface area contributed by atoms with Crippen molar-refractivity contribution in [1.29, 1.82) is 0 Å². The molecule has 0 aromatic carbocycles. The number of hydrogen-bond acceptors (Lipinski definition) is 6. The van der Waals surface area contributed by atoms with E-state index in [4.69, 9.17) is 28.8 Å². The molecule has 0 aliphatic rings. The van der Waals surface area contributed by atoms with Crippen LogP contribution in [0.2, 0.25) is 0 Å². The van der Waals surface area contributed by atoms with Crippen LogP contribution in [0.4, 0.5) is 0 Å². The minimum atomic E-state index is -0.872. The molecule has 0 spiro atoms. The van der Waals surface area contributed by atoms with Gasteiger partial charge < -0.3 is 28.8 Å². The second kappa shape index (κ2) is 15.8. The van der Waals surface area contributed by atoms with Crippen LogP contribution in [-0.2, 0) is 28.5 Å². The van der Waals surface area contributed by atoms with Crippen LogP contribution < -0.4 is 0 Å². The first-order valence-electron chi connectivity index (χ1n) is 8.55. The van der Waals surface area contributed by atoms with Crippen LogP contribution in [0, 0.1) is 5.92 Å². The molecule has 7 nitrogen and oxygen atoms in total. The largest absolute Gasteiger partial charge is 0.481 e. The Labute approximate surface area is 145 Å². The molecule has 144 valence electrons. The van der Waals surface area contributed by atoms with Crippen LogP contribution in [-0.4, -0.2) is 76.6 Å². The topological polar surface area (TPSA) is 83.5 Å². The van der Waals surface area contributed by atoms with Crippen molar-refractivity contribution in [2.24, 2.45) is 5.92 Å². The number of carbonyl (C=O) groups is 1. The van der Waals surface area contributed by atoms with Gasteiger partial charge in [0.15, 0.2) is 0 Å². The smallest absolute Gasteiger partial charge is 0.305 e. The van der Waals surface area contributed by atoms with E-state index in [9.17, 15) is 4.79 Å². The first-order chi connectivity index (χ1) is 11.5. The number of rotatable bonds is 17. The number of ether oxygens (including phenoxy) is 5. The first kappa shape index (κ1) is 23.3. The highest BCUT2D eigenvalue weighted by molar-refractivity contribution is 5.67. The number of aliphatic carboxylic acids is 1. The van der Waals surface area contributed by atoms with Crippen LogP contribution in [0.15, 0.2) is 0 Å². The molecule has 24 heavy (non-hydrogen) atoms. The lowest BCUT2D eigenvalue weighted by Gasteiger charge is -2.21. The van der Waals surface area contributed by atoms with E-state index in [1.807, 2.05) is 6.92 Å². The summed E-state index contributed by atoms with van der Waals surface area (Å²) >= 11 is 0. The van der Waals surface area contributed by atoms with Gasteiger partial charge in [0.05, 0.1) is 58.3 Å². The Morgan fingerprint density at radius 3 is 2.04 bits per heavy atom. The molecule has 0 saturated heterocycles. The van der Waals surface area contributed by atoms with Crippen LogP contribution in [0.25, 0.3) is 0 Å². The van der Waals surface area contributed by atoms with Gasteiger partial charge in [-0.05, 0) is 12.8 Å². The maximum atomic E-state index is 10.9. The Hall–Kier alpha value is -0.730. The second-order valence-corrected chi connectivity index (χ2v) is 6.08. The SMILES string of the molecule is COCCOCCOCCOC(CC(=O)O)CC(C)OCC(C)C. The highest BCUT2D eigenvalue weighted by Gasteiger charge is 2.18. The lowest BCUT2D eigenvalue weighted by Crippen LogP contribution is -2.26. The van der Waals surface area contributed by atoms with E-state index in [0.717, 1.165) is 0 Å². The molecule has 0 heterocycles. The van der Waals surface area contributed by atoms with Crippen LogP contribution >= 0.6 is 0 Å². The van der Waals surface area contributed by atoms with E-state index in [1.54, 1.807) is 7.11 Å².